The lowest BCUT2D eigenvalue weighted by molar-refractivity contribution is -0.0723. The van der Waals surface area contributed by atoms with Gasteiger partial charge >= 0.3 is 6.09 Å². The Morgan fingerprint density at radius 2 is 1.96 bits per heavy atom. The summed E-state index contributed by atoms with van der Waals surface area (Å²) in [7, 11) is -3.40. The van der Waals surface area contributed by atoms with Gasteiger partial charge in [-0.1, -0.05) is 42.0 Å². The highest BCUT2D eigenvalue weighted by Gasteiger charge is 2.47. The van der Waals surface area contributed by atoms with Crippen molar-refractivity contribution < 1.29 is 17.9 Å². The Hall–Kier alpha value is -1.86. The lowest BCUT2D eigenvalue weighted by Gasteiger charge is -2.46. The highest BCUT2D eigenvalue weighted by molar-refractivity contribution is 7.88. The molecule has 0 radical (unpaired) electrons. The van der Waals surface area contributed by atoms with Crippen LogP contribution < -0.4 is 4.72 Å². The number of amides is 1. The zero-order valence-electron chi connectivity index (χ0n) is 17.7. The van der Waals surface area contributed by atoms with Crippen molar-refractivity contribution in [3.63, 3.8) is 0 Å². The quantitative estimate of drug-likeness (QED) is 0.697. The third-order valence-electron chi connectivity index (χ3n) is 5.34. The maximum absolute atomic E-state index is 13.0. The van der Waals surface area contributed by atoms with Crippen LogP contribution in [0.5, 0.6) is 0 Å². The lowest BCUT2D eigenvalue weighted by Crippen LogP contribution is -2.55. The summed E-state index contributed by atoms with van der Waals surface area (Å²) in [5.41, 5.74) is 0.307. The molecule has 0 spiro atoms. The first-order chi connectivity index (χ1) is 12.9. The van der Waals surface area contributed by atoms with Crippen LogP contribution >= 0.6 is 0 Å². The predicted molar refractivity (Wildman–Crippen MR) is 111 cm³/mol. The Labute approximate surface area is 169 Å². The third-order valence-corrected chi connectivity index (χ3v) is 6.27. The fourth-order valence-corrected chi connectivity index (χ4v) is 5.01. The van der Waals surface area contributed by atoms with Gasteiger partial charge in [-0.3, -0.25) is 0 Å². The van der Waals surface area contributed by atoms with Gasteiger partial charge in [0.2, 0.25) is 10.0 Å². The molecule has 1 aromatic carbocycles. The molecule has 1 aliphatic rings. The molecule has 1 aromatic rings. The molecule has 28 heavy (non-hydrogen) atoms. The van der Waals surface area contributed by atoms with Crippen molar-refractivity contribution in [1.82, 2.24) is 9.62 Å². The molecule has 1 fully saturated rings. The van der Waals surface area contributed by atoms with Gasteiger partial charge < -0.3 is 9.64 Å². The van der Waals surface area contributed by atoms with E-state index < -0.39 is 21.2 Å². The Morgan fingerprint density at radius 3 is 2.46 bits per heavy atom. The molecule has 1 aliphatic heterocycles. The molecule has 1 N–H and O–H groups in total. The normalized spacial score (nSPS) is 22.7. The molecule has 6 nitrogen and oxygen atoms in total. The maximum atomic E-state index is 13.0. The standard InChI is InChI=1S/C21H32N2O4S/c1-7-16(2)17(3)23-14-13-21(27-19(23)24,18-11-9-8-10-12-18)15-20(4,5)22-28(6,25)26/h7-12,17,22H,13-15H2,1-6H3/b16-7+/t17?,21-/m0/s1. The number of allylic oxidation sites excluding steroid dienone is 1. The van der Waals surface area contributed by atoms with Gasteiger partial charge in [-0.2, -0.15) is 0 Å². The Morgan fingerprint density at radius 1 is 1.36 bits per heavy atom. The number of hydrogen-bond acceptors (Lipinski definition) is 4. The van der Waals surface area contributed by atoms with Crippen LogP contribution in [0.1, 0.15) is 53.0 Å². The van der Waals surface area contributed by atoms with Gasteiger partial charge in [-0.15, -0.1) is 0 Å². The van der Waals surface area contributed by atoms with Gasteiger partial charge in [0.05, 0.1) is 12.3 Å². The summed E-state index contributed by atoms with van der Waals surface area (Å²) < 4.78 is 32.4. The van der Waals surface area contributed by atoms with Gasteiger partial charge in [-0.25, -0.2) is 17.9 Å². The van der Waals surface area contributed by atoms with E-state index in [4.69, 9.17) is 4.74 Å². The van der Waals surface area contributed by atoms with Crippen molar-refractivity contribution in [1.29, 1.82) is 0 Å². The first-order valence-corrected chi connectivity index (χ1v) is 11.5. The van der Waals surface area contributed by atoms with Crippen molar-refractivity contribution in [2.24, 2.45) is 0 Å². The van der Waals surface area contributed by atoms with Crippen LogP contribution in [0.3, 0.4) is 0 Å². The number of carbonyl (C=O) groups is 1. The van der Waals surface area contributed by atoms with Crippen molar-refractivity contribution in [3.8, 4) is 0 Å². The van der Waals surface area contributed by atoms with Crippen LogP contribution in [0.25, 0.3) is 0 Å². The number of hydrogen-bond donors (Lipinski definition) is 1. The van der Waals surface area contributed by atoms with Crippen LogP contribution in [0, 0.1) is 0 Å². The molecular weight excluding hydrogens is 376 g/mol. The van der Waals surface area contributed by atoms with Gasteiger partial charge in [-0.05, 0) is 40.2 Å². The summed E-state index contributed by atoms with van der Waals surface area (Å²) >= 11 is 0. The molecule has 0 saturated carbocycles. The number of nitrogens with zero attached hydrogens (tertiary/aromatic N) is 1. The van der Waals surface area contributed by atoms with E-state index in [0.717, 1.165) is 17.4 Å². The molecule has 1 amide bonds. The number of nitrogens with one attached hydrogen (secondary N) is 1. The minimum Gasteiger partial charge on any atom is -0.438 e. The first kappa shape index (κ1) is 22.4. The summed E-state index contributed by atoms with van der Waals surface area (Å²) in [6, 6.07) is 9.53. The largest absolute Gasteiger partial charge is 0.438 e. The fraction of sp³-hybridized carbons (Fsp3) is 0.571. The highest BCUT2D eigenvalue weighted by Crippen LogP contribution is 2.41. The molecule has 0 aromatic heterocycles. The Bertz CT molecular complexity index is 833. The number of cyclic esters (lactones) is 1. The van der Waals surface area contributed by atoms with Crippen molar-refractivity contribution in [2.45, 2.75) is 64.6 Å². The summed E-state index contributed by atoms with van der Waals surface area (Å²) in [6.07, 6.45) is 3.68. The Kier molecular flexibility index (Phi) is 6.61. The van der Waals surface area contributed by atoms with E-state index in [9.17, 15) is 13.2 Å². The lowest BCUT2D eigenvalue weighted by atomic mass is 9.79. The number of ether oxygens (including phenoxy) is 1. The number of benzene rings is 1. The minimum atomic E-state index is -3.40. The molecule has 1 heterocycles. The zero-order valence-corrected chi connectivity index (χ0v) is 18.5. The second-order valence-corrected chi connectivity index (χ2v) is 10.1. The van der Waals surface area contributed by atoms with E-state index >= 15 is 0 Å². The Balaban J connectivity index is 2.37. The van der Waals surface area contributed by atoms with Crippen LogP contribution in [0.2, 0.25) is 0 Å². The molecule has 1 saturated heterocycles. The average Bonchev–Trinajstić information content (AvgIpc) is 2.58. The van der Waals surface area contributed by atoms with Crippen molar-refractivity contribution in [3.05, 3.63) is 47.5 Å². The van der Waals surface area contributed by atoms with Crippen molar-refractivity contribution >= 4 is 16.1 Å². The van der Waals surface area contributed by atoms with Gasteiger partial charge in [0.15, 0.2) is 0 Å². The maximum Gasteiger partial charge on any atom is 0.411 e. The van der Waals surface area contributed by atoms with Gasteiger partial charge in [0.1, 0.15) is 5.60 Å². The monoisotopic (exact) mass is 408 g/mol. The second-order valence-electron chi connectivity index (χ2n) is 8.32. The number of sulfonamides is 1. The molecule has 156 valence electrons. The summed E-state index contributed by atoms with van der Waals surface area (Å²) in [5.74, 6) is 0. The SMILES string of the molecule is C/C=C(\C)C(C)N1CC[C@](CC(C)(C)NS(C)(=O)=O)(c2ccccc2)OC1=O. The van der Waals surface area contributed by atoms with Crippen LogP contribution in [-0.2, 0) is 20.4 Å². The minimum absolute atomic E-state index is 0.0478. The number of rotatable bonds is 7. The molecule has 2 rings (SSSR count). The van der Waals surface area contributed by atoms with Crippen LogP contribution in [0.4, 0.5) is 4.79 Å². The van der Waals surface area contributed by atoms with Crippen LogP contribution in [-0.4, -0.2) is 43.8 Å². The van der Waals surface area contributed by atoms with E-state index in [1.165, 1.54) is 0 Å². The van der Waals surface area contributed by atoms with Gasteiger partial charge in [0.25, 0.3) is 0 Å². The molecule has 0 aliphatic carbocycles. The predicted octanol–water partition coefficient (Wildman–Crippen LogP) is 3.80. The van der Waals surface area contributed by atoms with Crippen molar-refractivity contribution in [2.75, 3.05) is 12.8 Å². The summed E-state index contributed by atoms with van der Waals surface area (Å²) in [4.78, 5) is 14.7. The highest BCUT2D eigenvalue weighted by atomic mass is 32.2. The summed E-state index contributed by atoms with van der Waals surface area (Å²) in [5, 5.41) is 0. The van der Waals surface area contributed by atoms with E-state index in [0.29, 0.717) is 19.4 Å². The molecular formula is C21H32N2O4S. The molecule has 1 unspecified atom stereocenters. The average molecular weight is 409 g/mol. The fourth-order valence-electron chi connectivity index (χ4n) is 3.93. The smallest absolute Gasteiger partial charge is 0.411 e. The van der Waals surface area contributed by atoms with E-state index in [1.54, 1.807) is 4.90 Å². The number of carbonyl (C=O) groups excluding carboxylic acids is 1. The van der Waals surface area contributed by atoms with E-state index in [2.05, 4.69) is 4.72 Å². The van der Waals surface area contributed by atoms with E-state index in [-0.39, 0.29) is 12.1 Å². The van der Waals surface area contributed by atoms with E-state index in [1.807, 2.05) is 71.0 Å². The first-order valence-electron chi connectivity index (χ1n) is 9.56. The van der Waals surface area contributed by atoms with Gasteiger partial charge in [0, 0.05) is 24.9 Å². The van der Waals surface area contributed by atoms with Crippen LogP contribution in [0.15, 0.2) is 42.0 Å². The molecule has 7 heteroatoms. The molecule has 2 atom stereocenters. The topological polar surface area (TPSA) is 75.7 Å². The third kappa shape index (κ3) is 5.35. The zero-order chi connectivity index (χ0) is 21.2. The second kappa shape index (κ2) is 8.25. The summed E-state index contributed by atoms with van der Waals surface area (Å²) in [6.45, 7) is 10.1. The molecule has 0 bridgehead atoms.